The van der Waals surface area contributed by atoms with E-state index in [9.17, 15) is 4.79 Å². The molecule has 0 unspecified atom stereocenters. The average molecular weight is 333 g/mol. The number of hydrogen-bond donors (Lipinski definition) is 2. The summed E-state index contributed by atoms with van der Waals surface area (Å²) in [4.78, 5) is 14.7. The van der Waals surface area contributed by atoms with Crippen molar-refractivity contribution in [3.05, 3.63) is 63.4 Å². The quantitative estimate of drug-likeness (QED) is 0.746. The number of aromatic amines is 1. The summed E-state index contributed by atoms with van der Waals surface area (Å²) in [6, 6.07) is 8.59. The Labute approximate surface area is 136 Å². The van der Waals surface area contributed by atoms with Crippen molar-refractivity contribution in [2.75, 3.05) is 12.4 Å². The molecule has 23 heavy (non-hydrogen) atoms. The van der Waals surface area contributed by atoms with E-state index in [1.807, 2.05) is 0 Å². The van der Waals surface area contributed by atoms with Crippen LogP contribution in [-0.4, -0.2) is 22.3 Å². The first-order valence-corrected chi connectivity index (χ1v) is 7.12. The molecule has 0 bridgehead atoms. The van der Waals surface area contributed by atoms with E-state index in [1.54, 1.807) is 30.3 Å². The van der Waals surface area contributed by atoms with Crippen LogP contribution in [-0.2, 0) is 6.42 Å². The number of anilines is 2. The number of aromatic nitrogens is 3. The fourth-order valence-electron chi connectivity index (χ4n) is 2.02. The molecule has 3 rings (SSSR count). The van der Waals surface area contributed by atoms with E-state index in [0.29, 0.717) is 22.2 Å². The monoisotopic (exact) mass is 332 g/mol. The van der Waals surface area contributed by atoms with Crippen molar-refractivity contribution in [2.45, 2.75) is 6.42 Å². The number of nitrogens with zero attached hydrogens (tertiary/aromatic N) is 2. The molecule has 3 aromatic rings. The topological polar surface area (TPSA) is 93.0 Å². The van der Waals surface area contributed by atoms with Gasteiger partial charge in [0.1, 0.15) is 17.2 Å². The fraction of sp³-hybridized carbons (Fsp3) is 0.133. The number of H-pyrrole nitrogens is 1. The highest BCUT2D eigenvalue weighted by Gasteiger charge is 2.10. The Balaban J connectivity index is 1.83. The third-order valence-electron chi connectivity index (χ3n) is 3.10. The van der Waals surface area contributed by atoms with Crippen LogP contribution in [0.5, 0.6) is 5.75 Å². The van der Waals surface area contributed by atoms with Crippen LogP contribution in [0.25, 0.3) is 0 Å². The molecule has 0 aliphatic heterocycles. The molecular formula is C15H13ClN4O3. The Hall–Kier alpha value is -2.80. The minimum absolute atomic E-state index is 0.193. The Morgan fingerprint density at radius 1 is 1.35 bits per heavy atom. The number of methoxy groups -OCH3 is 1. The van der Waals surface area contributed by atoms with Crippen molar-refractivity contribution in [2.24, 2.45) is 0 Å². The largest absolute Gasteiger partial charge is 0.495 e. The molecule has 7 nitrogen and oxygen atoms in total. The van der Waals surface area contributed by atoms with Gasteiger partial charge in [-0.05, 0) is 30.3 Å². The maximum absolute atomic E-state index is 12.1. The molecule has 2 heterocycles. The third-order valence-corrected chi connectivity index (χ3v) is 3.34. The summed E-state index contributed by atoms with van der Waals surface area (Å²) in [5, 5.41) is 11.4. The van der Waals surface area contributed by atoms with Gasteiger partial charge < -0.3 is 14.5 Å². The standard InChI is InChI=1S/C15H13ClN4O3/c1-22-13-5-4-9(16)7-11(13)17-15-18-14(21)12(19-20-15)8-10-3-2-6-23-10/h2-7H,8H2,1H3,(H2,17,18,20,21). The summed E-state index contributed by atoms with van der Waals surface area (Å²) in [6.45, 7) is 0. The SMILES string of the molecule is COc1ccc(Cl)cc1Nc1nnc(Cc2ccco2)c(=O)[nH]1. The number of benzene rings is 1. The van der Waals surface area contributed by atoms with E-state index < -0.39 is 0 Å². The van der Waals surface area contributed by atoms with Gasteiger partial charge in [-0.1, -0.05) is 11.6 Å². The molecule has 0 radical (unpaired) electrons. The van der Waals surface area contributed by atoms with E-state index in [-0.39, 0.29) is 23.6 Å². The molecule has 1 aromatic carbocycles. The van der Waals surface area contributed by atoms with E-state index in [0.717, 1.165) is 0 Å². The van der Waals surface area contributed by atoms with Crippen LogP contribution in [0.15, 0.2) is 45.8 Å². The summed E-state index contributed by atoms with van der Waals surface area (Å²) < 4.78 is 10.4. The average Bonchev–Trinajstić information content (AvgIpc) is 3.03. The van der Waals surface area contributed by atoms with Crippen molar-refractivity contribution in [1.29, 1.82) is 0 Å². The number of nitrogens with one attached hydrogen (secondary N) is 2. The summed E-state index contributed by atoms with van der Waals surface area (Å²) in [6.07, 6.45) is 1.81. The molecule has 0 aliphatic carbocycles. The Kier molecular flexibility index (Phi) is 4.29. The minimum atomic E-state index is -0.347. The van der Waals surface area contributed by atoms with Gasteiger partial charge in [-0.25, -0.2) is 0 Å². The molecule has 118 valence electrons. The summed E-state index contributed by atoms with van der Waals surface area (Å²) >= 11 is 5.96. The van der Waals surface area contributed by atoms with Crippen LogP contribution < -0.4 is 15.6 Å². The van der Waals surface area contributed by atoms with Gasteiger partial charge in [0.05, 0.1) is 25.5 Å². The van der Waals surface area contributed by atoms with Crippen LogP contribution >= 0.6 is 11.6 Å². The van der Waals surface area contributed by atoms with Crippen LogP contribution in [0.4, 0.5) is 11.6 Å². The highest BCUT2D eigenvalue weighted by Crippen LogP contribution is 2.29. The molecule has 0 aliphatic rings. The zero-order valence-electron chi connectivity index (χ0n) is 12.2. The van der Waals surface area contributed by atoms with Gasteiger partial charge >= 0.3 is 0 Å². The van der Waals surface area contributed by atoms with Crippen LogP contribution in [0.3, 0.4) is 0 Å². The number of ether oxygens (including phenoxy) is 1. The predicted octanol–water partition coefficient (Wildman–Crippen LogP) is 2.75. The normalized spacial score (nSPS) is 10.5. The first-order chi connectivity index (χ1) is 11.2. The van der Waals surface area contributed by atoms with Gasteiger partial charge in [0, 0.05) is 5.02 Å². The molecule has 0 atom stereocenters. The van der Waals surface area contributed by atoms with E-state index in [2.05, 4.69) is 20.5 Å². The van der Waals surface area contributed by atoms with E-state index >= 15 is 0 Å². The molecule has 0 amide bonds. The lowest BCUT2D eigenvalue weighted by Crippen LogP contribution is -2.18. The number of rotatable bonds is 5. The number of furan rings is 1. The first kappa shape index (κ1) is 15.1. The second kappa shape index (κ2) is 6.53. The highest BCUT2D eigenvalue weighted by molar-refractivity contribution is 6.30. The number of halogens is 1. The van der Waals surface area contributed by atoms with Gasteiger partial charge in [0.15, 0.2) is 0 Å². The van der Waals surface area contributed by atoms with Gasteiger partial charge in [-0.3, -0.25) is 9.78 Å². The van der Waals surface area contributed by atoms with Crippen molar-refractivity contribution in [1.82, 2.24) is 15.2 Å². The lowest BCUT2D eigenvalue weighted by molar-refractivity contribution is 0.417. The smallest absolute Gasteiger partial charge is 0.274 e. The first-order valence-electron chi connectivity index (χ1n) is 6.74. The summed E-state index contributed by atoms with van der Waals surface area (Å²) in [5.41, 5.74) is 0.493. The van der Waals surface area contributed by atoms with Crippen LogP contribution in [0.1, 0.15) is 11.5 Å². The maximum Gasteiger partial charge on any atom is 0.274 e. The maximum atomic E-state index is 12.1. The van der Waals surface area contributed by atoms with Crippen LogP contribution in [0, 0.1) is 0 Å². The molecule has 8 heteroatoms. The molecule has 0 spiro atoms. The second-order valence-electron chi connectivity index (χ2n) is 4.68. The van der Waals surface area contributed by atoms with E-state index in [1.165, 1.54) is 13.4 Å². The molecule has 0 saturated carbocycles. The van der Waals surface area contributed by atoms with Crippen molar-refractivity contribution < 1.29 is 9.15 Å². The molecule has 2 aromatic heterocycles. The van der Waals surface area contributed by atoms with Crippen molar-refractivity contribution in [3.8, 4) is 5.75 Å². The zero-order valence-corrected chi connectivity index (χ0v) is 12.9. The predicted molar refractivity (Wildman–Crippen MR) is 85.5 cm³/mol. The Bertz CT molecular complexity index is 861. The summed E-state index contributed by atoms with van der Waals surface area (Å²) in [5.74, 6) is 1.40. The molecule has 2 N–H and O–H groups in total. The summed E-state index contributed by atoms with van der Waals surface area (Å²) in [7, 11) is 1.54. The van der Waals surface area contributed by atoms with Gasteiger partial charge in [0.25, 0.3) is 5.56 Å². The third kappa shape index (κ3) is 3.51. The van der Waals surface area contributed by atoms with Gasteiger partial charge in [0.2, 0.25) is 5.95 Å². The highest BCUT2D eigenvalue weighted by atomic mass is 35.5. The molecular weight excluding hydrogens is 320 g/mol. The fourth-order valence-corrected chi connectivity index (χ4v) is 2.19. The van der Waals surface area contributed by atoms with Gasteiger partial charge in [-0.2, -0.15) is 0 Å². The van der Waals surface area contributed by atoms with E-state index in [4.69, 9.17) is 20.8 Å². The second-order valence-corrected chi connectivity index (χ2v) is 5.11. The minimum Gasteiger partial charge on any atom is -0.495 e. The Morgan fingerprint density at radius 3 is 2.91 bits per heavy atom. The molecule has 0 fully saturated rings. The van der Waals surface area contributed by atoms with Gasteiger partial charge in [-0.15, -0.1) is 10.2 Å². The van der Waals surface area contributed by atoms with Crippen LogP contribution in [0.2, 0.25) is 5.02 Å². The lowest BCUT2D eigenvalue weighted by Gasteiger charge is -2.10. The van der Waals surface area contributed by atoms with Crippen molar-refractivity contribution >= 4 is 23.2 Å². The molecule has 0 saturated heterocycles. The number of hydrogen-bond acceptors (Lipinski definition) is 6. The van der Waals surface area contributed by atoms with Crippen molar-refractivity contribution in [3.63, 3.8) is 0 Å². The zero-order chi connectivity index (χ0) is 16.2. The lowest BCUT2D eigenvalue weighted by atomic mass is 10.2. The Morgan fingerprint density at radius 2 is 2.22 bits per heavy atom.